The average molecular weight is 269 g/mol. The van der Waals surface area contributed by atoms with Crippen molar-refractivity contribution in [3.05, 3.63) is 60.2 Å². The van der Waals surface area contributed by atoms with Crippen LogP contribution in [0.5, 0.6) is 0 Å². The second-order valence-corrected chi connectivity index (χ2v) is 4.68. The molecule has 0 radical (unpaired) electrons. The second-order valence-electron chi connectivity index (χ2n) is 4.68. The van der Waals surface area contributed by atoms with Crippen molar-refractivity contribution in [2.45, 2.75) is 14.4 Å². The Morgan fingerprint density at radius 1 is 0.950 bits per heavy atom. The molecule has 2 aromatic carbocycles. The Labute approximate surface area is 123 Å². The van der Waals surface area contributed by atoms with Crippen LogP contribution in [0, 0.1) is 6.92 Å². The van der Waals surface area contributed by atoms with Crippen LogP contribution >= 0.6 is 0 Å². The maximum Gasteiger partial charge on any atom is 0.361 e. The molecular weight excluding hydrogens is 245 g/mol. The molecule has 0 aliphatic rings. The van der Waals surface area contributed by atoms with E-state index in [4.69, 9.17) is 4.65 Å². The third-order valence-electron chi connectivity index (χ3n) is 3.12. The number of rotatable bonds is 6. The van der Waals surface area contributed by atoms with E-state index >= 15 is 0 Å². The van der Waals surface area contributed by atoms with E-state index in [1.54, 1.807) is 0 Å². The zero-order valence-corrected chi connectivity index (χ0v) is 11.6. The van der Waals surface area contributed by atoms with Gasteiger partial charge in [0.1, 0.15) is 0 Å². The molecular formula is C17H24BNO. The predicted octanol–water partition coefficient (Wildman–Crippen LogP) is 1.97. The zero-order valence-electron chi connectivity index (χ0n) is 11.6. The van der Waals surface area contributed by atoms with Crippen LogP contribution in [0.4, 0.5) is 0 Å². The van der Waals surface area contributed by atoms with Gasteiger partial charge in [-0.2, -0.15) is 0 Å². The van der Waals surface area contributed by atoms with Gasteiger partial charge in [-0.3, -0.25) is 0 Å². The fraction of sp³-hybridized carbons (Fsp3) is 0.294. The van der Waals surface area contributed by atoms with Gasteiger partial charge < -0.3 is 9.97 Å². The summed E-state index contributed by atoms with van der Waals surface area (Å²) in [5, 5.41) is 3.11. The molecule has 0 spiro atoms. The first kappa shape index (κ1) is 16.5. The summed E-state index contributed by atoms with van der Waals surface area (Å²) < 4.78 is 6.03. The molecule has 106 valence electrons. The summed E-state index contributed by atoms with van der Waals surface area (Å²) in [4.78, 5) is 0. The molecule has 0 fully saturated rings. The fourth-order valence-corrected chi connectivity index (χ4v) is 2.03. The van der Waals surface area contributed by atoms with E-state index in [1.807, 2.05) is 13.1 Å². The van der Waals surface area contributed by atoms with Crippen molar-refractivity contribution in [1.82, 2.24) is 5.32 Å². The summed E-state index contributed by atoms with van der Waals surface area (Å²) in [6.45, 7) is 3.66. The van der Waals surface area contributed by atoms with E-state index in [-0.39, 0.29) is 14.3 Å². The van der Waals surface area contributed by atoms with Gasteiger partial charge in [-0.1, -0.05) is 67.6 Å². The van der Waals surface area contributed by atoms with E-state index in [0.29, 0.717) is 6.61 Å². The van der Waals surface area contributed by atoms with Gasteiger partial charge in [-0.15, -0.1) is 0 Å². The van der Waals surface area contributed by atoms with Crippen molar-refractivity contribution in [2.24, 2.45) is 0 Å². The first-order valence-corrected chi connectivity index (χ1v) is 6.69. The van der Waals surface area contributed by atoms with Crippen molar-refractivity contribution in [3.63, 3.8) is 0 Å². The molecule has 0 amide bonds. The van der Waals surface area contributed by atoms with Gasteiger partial charge in [0.2, 0.25) is 0 Å². The molecule has 0 heterocycles. The van der Waals surface area contributed by atoms with Crippen molar-refractivity contribution in [3.8, 4) is 0 Å². The first-order valence-electron chi connectivity index (χ1n) is 6.69. The summed E-state index contributed by atoms with van der Waals surface area (Å²) in [5.41, 5.74) is 3.67. The molecule has 0 saturated heterocycles. The number of nitrogens with one attached hydrogen (secondary N) is 1. The van der Waals surface area contributed by atoms with Gasteiger partial charge in [-0.05, 0) is 24.9 Å². The number of hydrogen-bond acceptors (Lipinski definition) is 2. The highest BCUT2D eigenvalue weighted by atomic mass is 16.4. The van der Waals surface area contributed by atoms with Crippen molar-refractivity contribution >= 4 is 17.8 Å². The summed E-state index contributed by atoms with van der Waals surface area (Å²) in [6.07, 6.45) is 0. The Bertz CT molecular complexity index is 484. The summed E-state index contributed by atoms with van der Waals surface area (Å²) in [7, 11) is 1.94. The summed E-state index contributed by atoms with van der Waals surface area (Å²) in [5.74, 6) is 0. The van der Waals surface area contributed by atoms with Gasteiger partial charge in [0.15, 0.2) is 0 Å². The normalized spacial score (nSPS) is 9.90. The Kier molecular flexibility index (Phi) is 7.06. The molecule has 1 N–H and O–H groups in total. The standard InChI is InChI=1S/C16H20BNO.CH4/c1-14-8-10-16(11-9-14)17(19-13-12-18-2)15-6-4-3-5-7-15;/h3-11,18H,12-13H2,1-2H3;1H4. The predicted molar refractivity (Wildman–Crippen MR) is 89.3 cm³/mol. The molecule has 2 aromatic rings. The molecule has 0 atom stereocenters. The molecule has 2 nitrogen and oxygen atoms in total. The molecule has 0 bridgehead atoms. The minimum absolute atomic E-state index is 0. The number of benzene rings is 2. The molecule has 0 aliphatic heterocycles. The fourth-order valence-electron chi connectivity index (χ4n) is 2.03. The SMILES string of the molecule is C.CNCCOB(c1ccccc1)c1ccc(C)cc1. The first-order chi connectivity index (χ1) is 9.31. The van der Waals surface area contributed by atoms with Crippen molar-refractivity contribution < 1.29 is 4.65 Å². The van der Waals surface area contributed by atoms with Gasteiger partial charge in [-0.25, -0.2) is 0 Å². The molecule has 2 rings (SSSR count). The number of aryl methyl sites for hydroxylation is 1. The topological polar surface area (TPSA) is 21.3 Å². The maximum atomic E-state index is 6.03. The average Bonchev–Trinajstić information content (AvgIpc) is 2.46. The van der Waals surface area contributed by atoms with Crippen LogP contribution in [0.1, 0.15) is 13.0 Å². The van der Waals surface area contributed by atoms with Crippen LogP contribution in [0.15, 0.2) is 54.6 Å². The lowest BCUT2D eigenvalue weighted by Gasteiger charge is -2.15. The minimum Gasteiger partial charge on any atom is -0.426 e. The van der Waals surface area contributed by atoms with Crippen LogP contribution in [-0.2, 0) is 4.65 Å². The van der Waals surface area contributed by atoms with E-state index in [2.05, 4.69) is 60.8 Å². The highest BCUT2D eigenvalue weighted by Crippen LogP contribution is 1.98. The summed E-state index contributed by atoms with van der Waals surface area (Å²) in [6, 6.07) is 18.9. The number of likely N-dealkylation sites (N-methyl/N-ethyl adjacent to an activating group) is 1. The zero-order chi connectivity index (χ0) is 13.5. The van der Waals surface area contributed by atoms with E-state index in [1.165, 1.54) is 16.5 Å². The molecule has 20 heavy (non-hydrogen) atoms. The van der Waals surface area contributed by atoms with E-state index in [0.717, 1.165) is 6.54 Å². The Morgan fingerprint density at radius 3 is 2.15 bits per heavy atom. The van der Waals surface area contributed by atoms with Gasteiger partial charge >= 0.3 is 6.92 Å². The van der Waals surface area contributed by atoms with E-state index in [9.17, 15) is 0 Å². The lowest BCUT2D eigenvalue weighted by molar-refractivity contribution is 0.333. The van der Waals surface area contributed by atoms with Crippen LogP contribution in [0.3, 0.4) is 0 Å². The Hall–Kier alpha value is -1.58. The van der Waals surface area contributed by atoms with Gasteiger partial charge in [0, 0.05) is 13.2 Å². The molecule has 0 saturated carbocycles. The van der Waals surface area contributed by atoms with Crippen molar-refractivity contribution in [2.75, 3.05) is 20.2 Å². The lowest BCUT2D eigenvalue weighted by atomic mass is 9.55. The highest BCUT2D eigenvalue weighted by molar-refractivity contribution is 6.80. The lowest BCUT2D eigenvalue weighted by Crippen LogP contribution is -2.45. The monoisotopic (exact) mass is 269 g/mol. The molecule has 0 aromatic heterocycles. The van der Waals surface area contributed by atoms with Crippen LogP contribution < -0.4 is 16.2 Å². The molecule has 0 aliphatic carbocycles. The quantitative estimate of drug-likeness (QED) is 0.639. The van der Waals surface area contributed by atoms with Gasteiger partial charge in [0.05, 0.1) is 0 Å². The minimum atomic E-state index is 0. The third-order valence-corrected chi connectivity index (χ3v) is 3.12. The highest BCUT2D eigenvalue weighted by Gasteiger charge is 2.20. The molecule has 0 unspecified atom stereocenters. The Balaban J connectivity index is 0.00000200. The van der Waals surface area contributed by atoms with Gasteiger partial charge in [0.25, 0.3) is 0 Å². The second kappa shape index (κ2) is 8.57. The largest absolute Gasteiger partial charge is 0.426 e. The Morgan fingerprint density at radius 2 is 1.55 bits per heavy atom. The van der Waals surface area contributed by atoms with Crippen molar-refractivity contribution in [1.29, 1.82) is 0 Å². The van der Waals surface area contributed by atoms with Crippen LogP contribution in [-0.4, -0.2) is 27.1 Å². The van der Waals surface area contributed by atoms with E-state index < -0.39 is 0 Å². The molecule has 3 heteroatoms. The smallest absolute Gasteiger partial charge is 0.361 e. The number of hydrogen-bond donors (Lipinski definition) is 1. The third kappa shape index (κ3) is 4.51. The van der Waals surface area contributed by atoms with Crippen LogP contribution in [0.2, 0.25) is 0 Å². The summed E-state index contributed by atoms with van der Waals surface area (Å²) >= 11 is 0. The van der Waals surface area contributed by atoms with Crippen LogP contribution in [0.25, 0.3) is 0 Å². The maximum absolute atomic E-state index is 6.03.